The lowest BCUT2D eigenvalue weighted by Crippen LogP contribution is -2.44. The van der Waals surface area contributed by atoms with Crippen LogP contribution in [0.25, 0.3) is 10.9 Å². The van der Waals surface area contributed by atoms with Gasteiger partial charge in [-0.1, -0.05) is 17.7 Å². The number of hydrogen-bond donors (Lipinski definition) is 1. The van der Waals surface area contributed by atoms with Crippen molar-refractivity contribution in [3.63, 3.8) is 0 Å². The molecule has 0 saturated carbocycles. The van der Waals surface area contributed by atoms with Crippen molar-refractivity contribution in [1.29, 1.82) is 0 Å². The van der Waals surface area contributed by atoms with Crippen LogP contribution in [0.4, 0.5) is 0 Å². The van der Waals surface area contributed by atoms with Crippen molar-refractivity contribution < 1.29 is 9.90 Å². The Balaban J connectivity index is 1.65. The molecule has 1 saturated heterocycles. The van der Waals surface area contributed by atoms with Crippen LogP contribution in [0.5, 0.6) is 0 Å². The van der Waals surface area contributed by atoms with E-state index < -0.39 is 5.97 Å². The van der Waals surface area contributed by atoms with E-state index in [4.69, 9.17) is 16.7 Å². The van der Waals surface area contributed by atoms with Gasteiger partial charge >= 0.3 is 5.97 Å². The number of nitrogens with zero attached hydrogens (tertiary/aromatic N) is 3. The zero-order valence-corrected chi connectivity index (χ0v) is 14.5. The number of benzene rings is 1. The highest BCUT2D eigenvalue weighted by atomic mass is 35.5. The van der Waals surface area contributed by atoms with Crippen LogP contribution < -0.4 is 0 Å². The van der Waals surface area contributed by atoms with Gasteiger partial charge in [-0.05, 0) is 56.7 Å². The molecule has 0 atom stereocenters. The Morgan fingerprint density at radius 3 is 2.88 bits per heavy atom. The fourth-order valence-corrected chi connectivity index (χ4v) is 3.70. The molecule has 0 radical (unpaired) electrons. The zero-order chi connectivity index (χ0) is 17.1. The fourth-order valence-electron chi connectivity index (χ4n) is 3.45. The second-order valence-electron chi connectivity index (χ2n) is 6.46. The normalized spacial score (nSPS) is 16.8. The van der Waals surface area contributed by atoms with E-state index in [1.54, 1.807) is 0 Å². The average molecular weight is 348 g/mol. The summed E-state index contributed by atoms with van der Waals surface area (Å²) in [5, 5.41) is 10.7. The lowest BCUT2D eigenvalue weighted by molar-refractivity contribution is -0.138. The predicted octanol–water partition coefficient (Wildman–Crippen LogP) is 2.87. The summed E-state index contributed by atoms with van der Waals surface area (Å²) in [6.07, 6.45) is 3.78. The van der Waals surface area contributed by atoms with Gasteiger partial charge < -0.3 is 5.11 Å². The van der Waals surface area contributed by atoms with Crippen LogP contribution in [-0.2, 0) is 11.3 Å². The first-order chi connectivity index (χ1) is 11.5. The first kappa shape index (κ1) is 17.1. The SMILES string of the molecule is CN(CC(=O)O)C1CCN(Cc2cc(Cl)cc3cccnc23)CC1. The molecule has 2 aromatic rings. The molecule has 2 heterocycles. The summed E-state index contributed by atoms with van der Waals surface area (Å²) < 4.78 is 0. The van der Waals surface area contributed by atoms with Crippen molar-refractivity contribution in [2.75, 3.05) is 26.7 Å². The molecule has 1 aromatic carbocycles. The molecule has 1 aliphatic heterocycles. The Morgan fingerprint density at radius 2 is 2.17 bits per heavy atom. The Morgan fingerprint density at radius 1 is 1.42 bits per heavy atom. The largest absolute Gasteiger partial charge is 0.480 e. The molecule has 1 fully saturated rings. The van der Waals surface area contributed by atoms with Crippen molar-refractivity contribution in [3.05, 3.63) is 41.0 Å². The van der Waals surface area contributed by atoms with Crippen LogP contribution in [0.2, 0.25) is 5.02 Å². The molecule has 1 aromatic heterocycles. The highest BCUT2D eigenvalue weighted by molar-refractivity contribution is 6.31. The van der Waals surface area contributed by atoms with E-state index in [0.29, 0.717) is 6.04 Å². The average Bonchev–Trinajstić information content (AvgIpc) is 2.54. The van der Waals surface area contributed by atoms with Gasteiger partial charge in [0.25, 0.3) is 0 Å². The molecule has 24 heavy (non-hydrogen) atoms. The number of likely N-dealkylation sites (N-methyl/N-ethyl adjacent to an activating group) is 1. The van der Waals surface area contributed by atoms with Crippen LogP contribution in [0.1, 0.15) is 18.4 Å². The quantitative estimate of drug-likeness (QED) is 0.901. The molecule has 0 amide bonds. The number of rotatable bonds is 5. The van der Waals surface area contributed by atoms with E-state index in [9.17, 15) is 4.79 Å². The number of carboxylic acid groups (broad SMARTS) is 1. The third kappa shape index (κ3) is 4.04. The number of hydrogen-bond acceptors (Lipinski definition) is 4. The summed E-state index contributed by atoms with van der Waals surface area (Å²) in [7, 11) is 1.89. The summed E-state index contributed by atoms with van der Waals surface area (Å²) in [5.41, 5.74) is 2.16. The van der Waals surface area contributed by atoms with Gasteiger partial charge in [0.1, 0.15) is 0 Å². The molecule has 0 unspecified atom stereocenters. The van der Waals surface area contributed by atoms with E-state index in [1.807, 2.05) is 42.4 Å². The lowest BCUT2D eigenvalue weighted by atomic mass is 10.0. The monoisotopic (exact) mass is 347 g/mol. The Labute approximate surface area is 146 Å². The van der Waals surface area contributed by atoms with Crippen LogP contribution >= 0.6 is 11.6 Å². The number of aromatic nitrogens is 1. The molecule has 0 bridgehead atoms. The van der Waals surface area contributed by atoms with E-state index in [1.165, 1.54) is 0 Å². The number of piperidine rings is 1. The Bertz CT molecular complexity index is 729. The van der Waals surface area contributed by atoms with Crippen molar-refractivity contribution in [2.45, 2.75) is 25.4 Å². The summed E-state index contributed by atoms with van der Waals surface area (Å²) in [4.78, 5) is 19.7. The van der Waals surface area contributed by atoms with Crippen LogP contribution in [-0.4, -0.2) is 58.6 Å². The van der Waals surface area contributed by atoms with Crippen molar-refractivity contribution in [3.8, 4) is 0 Å². The minimum absolute atomic E-state index is 0.105. The molecule has 1 N–H and O–H groups in total. The summed E-state index contributed by atoms with van der Waals surface area (Å²) >= 11 is 6.25. The second kappa shape index (κ2) is 7.47. The molecular weight excluding hydrogens is 326 g/mol. The molecule has 5 nitrogen and oxygen atoms in total. The Kier molecular flexibility index (Phi) is 5.33. The van der Waals surface area contributed by atoms with Gasteiger partial charge in [-0.15, -0.1) is 0 Å². The van der Waals surface area contributed by atoms with Gasteiger partial charge in [0, 0.05) is 29.2 Å². The van der Waals surface area contributed by atoms with E-state index in [-0.39, 0.29) is 6.54 Å². The molecule has 128 valence electrons. The van der Waals surface area contributed by atoms with Crippen molar-refractivity contribution in [2.24, 2.45) is 0 Å². The highest BCUT2D eigenvalue weighted by Gasteiger charge is 2.24. The third-order valence-electron chi connectivity index (χ3n) is 4.71. The lowest BCUT2D eigenvalue weighted by Gasteiger charge is -2.36. The number of fused-ring (bicyclic) bond motifs is 1. The number of pyridine rings is 1. The minimum atomic E-state index is -0.767. The molecule has 0 spiro atoms. The Hall–Kier alpha value is -1.69. The maximum absolute atomic E-state index is 10.8. The minimum Gasteiger partial charge on any atom is -0.480 e. The van der Waals surface area contributed by atoms with Crippen LogP contribution in [0.15, 0.2) is 30.5 Å². The van der Waals surface area contributed by atoms with Gasteiger partial charge in [0.15, 0.2) is 0 Å². The smallest absolute Gasteiger partial charge is 0.317 e. The van der Waals surface area contributed by atoms with Gasteiger partial charge in [0.05, 0.1) is 12.1 Å². The number of carbonyl (C=O) groups is 1. The van der Waals surface area contributed by atoms with Crippen LogP contribution in [0, 0.1) is 0 Å². The summed E-state index contributed by atoms with van der Waals surface area (Å²) in [6, 6.07) is 8.24. The molecule has 0 aliphatic carbocycles. The van der Waals surface area contributed by atoms with E-state index in [0.717, 1.165) is 54.0 Å². The molecule has 6 heteroatoms. The molecule has 3 rings (SSSR count). The van der Waals surface area contributed by atoms with Gasteiger partial charge in [-0.2, -0.15) is 0 Å². The van der Waals surface area contributed by atoms with Gasteiger partial charge in [0.2, 0.25) is 0 Å². The maximum atomic E-state index is 10.8. The van der Waals surface area contributed by atoms with Gasteiger partial charge in [-0.3, -0.25) is 19.6 Å². The fraction of sp³-hybridized carbons (Fsp3) is 0.444. The van der Waals surface area contributed by atoms with E-state index >= 15 is 0 Å². The highest BCUT2D eigenvalue weighted by Crippen LogP contribution is 2.25. The number of halogens is 1. The topological polar surface area (TPSA) is 56.7 Å². The van der Waals surface area contributed by atoms with Crippen LogP contribution in [0.3, 0.4) is 0 Å². The summed E-state index contributed by atoms with van der Waals surface area (Å²) in [5.74, 6) is -0.767. The van der Waals surface area contributed by atoms with Gasteiger partial charge in [-0.25, -0.2) is 0 Å². The maximum Gasteiger partial charge on any atom is 0.317 e. The third-order valence-corrected chi connectivity index (χ3v) is 4.93. The zero-order valence-electron chi connectivity index (χ0n) is 13.8. The predicted molar refractivity (Wildman–Crippen MR) is 95.3 cm³/mol. The summed E-state index contributed by atoms with van der Waals surface area (Å²) in [6.45, 7) is 2.84. The first-order valence-corrected chi connectivity index (χ1v) is 8.58. The van der Waals surface area contributed by atoms with E-state index in [2.05, 4.69) is 9.88 Å². The molecular formula is C18H22ClN3O2. The molecule has 1 aliphatic rings. The van der Waals surface area contributed by atoms with Crippen molar-refractivity contribution in [1.82, 2.24) is 14.8 Å². The number of likely N-dealkylation sites (tertiary alicyclic amines) is 1. The first-order valence-electron chi connectivity index (χ1n) is 8.20. The van der Waals surface area contributed by atoms with Crippen molar-refractivity contribution >= 4 is 28.5 Å². The number of aliphatic carboxylic acids is 1. The standard InChI is InChI=1S/C18H22ClN3O2/c1-21(12-17(23)24)16-4-7-22(8-5-16)11-14-10-15(19)9-13-3-2-6-20-18(13)14/h2-3,6,9-10,16H,4-5,7-8,11-12H2,1H3,(H,23,24). The second-order valence-corrected chi connectivity index (χ2v) is 6.89. The number of carboxylic acids is 1.